The van der Waals surface area contributed by atoms with Gasteiger partial charge in [-0.1, -0.05) is 0 Å². The smallest absolute Gasteiger partial charge is 0.255 e. The summed E-state index contributed by atoms with van der Waals surface area (Å²) < 4.78 is 0. The summed E-state index contributed by atoms with van der Waals surface area (Å²) in [5.74, 6) is 0.0488. The molecule has 3 heterocycles. The molecule has 0 saturated heterocycles. The molecule has 1 aliphatic rings. The summed E-state index contributed by atoms with van der Waals surface area (Å²) in [5, 5.41) is 22.1. The Hall–Kier alpha value is -1.25. The Kier molecular flexibility index (Phi) is 3.86. The lowest BCUT2D eigenvalue weighted by Gasteiger charge is -2.26. The number of aliphatic hydroxyl groups is 1. The van der Waals surface area contributed by atoms with E-state index in [4.69, 9.17) is 5.21 Å². The highest BCUT2D eigenvalue weighted by molar-refractivity contribution is 7.12. The summed E-state index contributed by atoms with van der Waals surface area (Å²) in [6, 6.07) is 3.72. The lowest BCUT2D eigenvalue weighted by molar-refractivity contribution is 0.00287. The number of carbonyl (C=O) groups is 1. The summed E-state index contributed by atoms with van der Waals surface area (Å²) in [7, 11) is 0. The molecule has 20 heavy (non-hydrogen) atoms. The third-order valence-corrected chi connectivity index (χ3v) is 5.25. The highest BCUT2D eigenvalue weighted by Crippen LogP contribution is 2.31. The first-order valence-corrected chi connectivity index (χ1v) is 7.95. The number of fused-ring (bicyclic) bond motifs is 1. The van der Waals surface area contributed by atoms with Crippen LogP contribution in [0.4, 0.5) is 0 Å². The number of hydroxylamine groups is 1. The molecule has 3 rings (SSSR count). The number of nitrogens with zero attached hydrogens (tertiary/aromatic N) is 1. The van der Waals surface area contributed by atoms with Gasteiger partial charge in [-0.3, -0.25) is 4.79 Å². The van der Waals surface area contributed by atoms with Gasteiger partial charge in [0, 0.05) is 16.8 Å². The molecule has 1 unspecified atom stereocenters. The molecule has 5 nitrogen and oxygen atoms in total. The van der Waals surface area contributed by atoms with Gasteiger partial charge in [0.25, 0.3) is 5.91 Å². The van der Waals surface area contributed by atoms with Crippen molar-refractivity contribution in [1.29, 1.82) is 0 Å². The third kappa shape index (κ3) is 2.50. The SMILES string of the molecule is O=C(c1ccsc1)N1CCc2cc(C(O)NO)sc2C1. The first-order chi connectivity index (χ1) is 9.69. The fourth-order valence-electron chi connectivity index (χ4n) is 2.28. The van der Waals surface area contributed by atoms with E-state index in [0.717, 1.165) is 22.4 Å². The Morgan fingerprint density at radius 2 is 2.35 bits per heavy atom. The molecule has 2 aromatic rings. The molecule has 0 fully saturated rings. The van der Waals surface area contributed by atoms with Crippen LogP contribution < -0.4 is 5.48 Å². The quantitative estimate of drug-likeness (QED) is 0.599. The van der Waals surface area contributed by atoms with E-state index in [1.807, 2.05) is 33.3 Å². The number of rotatable bonds is 3. The van der Waals surface area contributed by atoms with Crippen LogP contribution in [0.15, 0.2) is 22.9 Å². The van der Waals surface area contributed by atoms with Crippen LogP contribution in [0.1, 0.15) is 31.9 Å². The molecule has 106 valence electrons. The lowest BCUT2D eigenvalue weighted by atomic mass is 10.1. The maximum atomic E-state index is 12.3. The highest BCUT2D eigenvalue weighted by Gasteiger charge is 2.25. The normalized spacial score (nSPS) is 16.0. The number of hydrogen-bond acceptors (Lipinski definition) is 6. The molecule has 1 aliphatic heterocycles. The van der Waals surface area contributed by atoms with E-state index in [2.05, 4.69) is 0 Å². The van der Waals surface area contributed by atoms with Gasteiger partial charge in [0.05, 0.1) is 17.0 Å². The summed E-state index contributed by atoms with van der Waals surface area (Å²) >= 11 is 2.94. The van der Waals surface area contributed by atoms with Gasteiger partial charge in [-0.2, -0.15) is 16.8 Å². The molecule has 0 radical (unpaired) electrons. The second-order valence-electron chi connectivity index (χ2n) is 4.62. The van der Waals surface area contributed by atoms with E-state index in [1.165, 1.54) is 22.7 Å². The van der Waals surface area contributed by atoms with Gasteiger partial charge in [-0.05, 0) is 29.5 Å². The predicted octanol–water partition coefficient (Wildman–Crippen LogP) is 1.98. The molecule has 1 atom stereocenters. The van der Waals surface area contributed by atoms with E-state index < -0.39 is 6.23 Å². The van der Waals surface area contributed by atoms with Crippen LogP contribution in [-0.4, -0.2) is 27.7 Å². The fraction of sp³-hybridized carbons (Fsp3) is 0.308. The number of amides is 1. The van der Waals surface area contributed by atoms with Crippen molar-refractivity contribution in [2.24, 2.45) is 0 Å². The molecule has 2 aromatic heterocycles. The molecular weight excluding hydrogens is 296 g/mol. The van der Waals surface area contributed by atoms with E-state index in [9.17, 15) is 9.90 Å². The van der Waals surface area contributed by atoms with Crippen molar-refractivity contribution in [3.8, 4) is 0 Å². The van der Waals surface area contributed by atoms with Crippen LogP contribution in [0.5, 0.6) is 0 Å². The van der Waals surface area contributed by atoms with Gasteiger partial charge in [0.2, 0.25) is 0 Å². The van der Waals surface area contributed by atoms with E-state index in [1.54, 1.807) is 0 Å². The van der Waals surface area contributed by atoms with Gasteiger partial charge < -0.3 is 15.2 Å². The molecular formula is C13H14N2O3S2. The van der Waals surface area contributed by atoms with Crippen LogP contribution in [0.3, 0.4) is 0 Å². The van der Waals surface area contributed by atoms with Crippen LogP contribution in [0.2, 0.25) is 0 Å². The average molecular weight is 310 g/mol. The number of aliphatic hydroxyl groups excluding tert-OH is 1. The van der Waals surface area contributed by atoms with E-state index in [0.29, 0.717) is 18.0 Å². The van der Waals surface area contributed by atoms with Crippen molar-refractivity contribution < 1.29 is 15.1 Å². The maximum absolute atomic E-state index is 12.3. The van der Waals surface area contributed by atoms with Gasteiger partial charge in [0.15, 0.2) is 6.23 Å². The van der Waals surface area contributed by atoms with Gasteiger partial charge >= 0.3 is 0 Å². The molecule has 7 heteroatoms. The van der Waals surface area contributed by atoms with Crippen LogP contribution in [0, 0.1) is 0 Å². The number of thiophene rings is 2. The van der Waals surface area contributed by atoms with Gasteiger partial charge in [-0.25, -0.2) is 0 Å². The summed E-state index contributed by atoms with van der Waals surface area (Å²) in [4.78, 5) is 15.9. The van der Waals surface area contributed by atoms with Crippen molar-refractivity contribution in [1.82, 2.24) is 10.4 Å². The van der Waals surface area contributed by atoms with Crippen molar-refractivity contribution >= 4 is 28.6 Å². The minimum atomic E-state index is -1.06. The first kappa shape index (κ1) is 13.7. The zero-order valence-electron chi connectivity index (χ0n) is 10.6. The minimum absolute atomic E-state index is 0.0488. The zero-order chi connectivity index (χ0) is 14.1. The minimum Gasteiger partial charge on any atom is -0.371 e. The molecule has 1 amide bonds. The molecule has 0 aliphatic carbocycles. The Bertz CT molecular complexity index is 609. The second kappa shape index (κ2) is 5.63. The molecule has 0 saturated carbocycles. The Balaban J connectivity index is 1.78. The van der Waals surface area contributed by atoms with Gasteiger partial charge in [-0.15, -0.1) is 11.3 Å². The summed E-state index contributed by atoms with van der Waals surface area (Å²) in [6.07, 6.45) is -0.286. The first-order valence-electron chi connectivity index (χ1n) is 6.19. The molecule has 0 aromatic carbocycles. The monoisotopic (exact) mass is 310 g/mol. The van der Waals surface area contributed by atoms with Gasteiger partial charge in [0.1, 0.15) is 0 Å². The number of carbonyl (C=O) groups excluding carboxylic acids is 1. The Morgan fingerprint density at radius 1 is 1.50 bits per heavy atom. The summed E-state index contributed by atoms with van der Waals surface area (Å²) in [6.45, 7) is 1.24. The van der Waals surface area contributed by atoms with Crippen molar-refractivity contribution in [2.45, 2.75) is 19.2 Å². The Morgan fingerprint density at radius 3 is 3.05 bits per heavy atom. The van der Waals surface area contributed by atoms with Crippen LogP contribution in [-0.2, 0) is 13.0 Å². The third-order valence-electron chi connectivity index (χ3n) is 3.35. The molecule has 0 bridgehead atoms. The van der Waals surface area contributed by atoms with E-state index >= 15 is 0 Å². The number of hydrogen-bond donors (Lipinski definition) is 3. The van der Waals surface area contributed by atoms with Crippen molar-refractivity contribution in [2.75, 3.05) is 6.54 Å². The molecule has 3 N–H and O–H groups in total. The van der Waals surface area contributed by atoms with Crippen LogP contribution >= 0.6 is 22.7 Å². The zero-order valence-corrected chi connectivity index (χ0v) is 12.2. The maximum Gasteiger partial charge on any atom is 0.255 e. The van der Waals surface area contributed by atoms with Crippen molar-refractivity contribution in [3.05, 3.63) is 43.8 Å². The van der Waals surface area contributed by atoms with Crippen molar-refractivity contribution in [3.63, 3.8) is 0 Å². The number of nitrogens with one attached hydrogen (secondary N) is 1. The predicted molar refractivity (Wildman–Crippen MR) is 77.0 cm³/mol. The standard InChI is InChI=1S/C13H14N2O3S2/c16-12(14-18)10-5-8-1-3-15(6-11(8)20-10)13(17)9-2-4-19-7-9/h2,4-5,7,12,14,16,18H,1,3,6H2. The van der Waals surface area contributed by atoms with E-state index in [-0.39, 0.29) is 5.91 Å². The summed E-state index contributed by atoms with van der Waals surface area (Å²) in [5.41, 5.74) is 3.71. The van der Waals surface area contributed by atoms with Crippen LogP contribution in [0.25, 0.3) is 0 Å². The molecule has 0 spiro atoms. The fourth-order valence-corrected chi connectivity index (χ4v) is 4.08. The lowest BCUT2D eigenvalue weighted by Crippen LogP contribution is -2.35. The second-order valence-corrected chi connectivity index (χ2v) is 6.57. The highest BCUT2D eigenvalue weighted by atomic mass is 32.1. The largest absolute Gasteiger partial charge is 0.371 e. The topological polar surface area (TPSA) is 72.8 Å². The average Bonchev–Trinajstić information content (AvgIpc) is 3.13. The Labute approximate surface area is 124 Å².